The summed E-state index contributed by atoms with van der Waals surface area (Å²) in [5.41, 5.74) is 2.01. The fourth-order valence-electron chi connectivity index (χ4n) is 3.27. The van der Waals surface area contributed by atoms with E-state index in [0.717, 1.165) is 0 Å². The van der Waals surface area contributed by atoms with E-state index in [1.54, 1.807) is 47.1 Å². The molecule has 0 fully saturated rings. The summed E-state index contributed by atoms with van der Waals surface area (Å²) in [4.78, 5) is 8.92. The summed E-state index contributed by atoms with van der Waals surface area (Å²) in [5, 5.41) is 0. The van der Waals surface area contributed by atoms with Crippen molar-refractivity contribution in [2.45, 2.75) is 0 Å². The van der Waals surface area contributed by atoms with Crippen LogP contribution in [-0.4, -0.2) is 14.3 Å². The molecule has 0 spiro atoms. The topological polar surface area (TPSA) is 66.2 Å². The number of rotatable bonds is 6. The number of benzene rings is 3. The normalized spacial score (nSPS) is 11.4. The molecular weight excluding hydrogens is 409 g/mol. The van der Waals surface area contributed by atoms with Crippen LogP contribution in [0.5, 0.6) is 11.5 Å². The van der Waals surface area contributed by atoms with Gasteiger partial charge in [-0.1, -0.05) is 48.5 Å². The van der Waals surface area contributed by atoms with Gasteiger partial charge in [-0.3, -0.25) is 4.98 Å². The number of hydrogen-bond donors (Lipinski definition) is 0. The van der Waals surface area contributed by atoms with E-state index in [0.29, 0.717) is 33.9 Å². The molecule has 0 bridgehead atoms. The Balaban J connectivity index is 1.75. The first-order valence-corrected chi connectivity index (χ1v) is 11.2. The van der Waals surface area contributed by atoms with Gasteiger partial charge < -0.3 is 9.05 Å². The molecule has 0 unspecified atom stereocenters. The van der Waals surface area contributed by atoms with Gasteiger partial charge in [0.15, 0.2) is 5.82 Å². The molecule has 5 aromatic rings. The van der Waals surface area contributed by atoms with Crippen molar-refractivity contribution in [1.82, 2.24) is 14.3 Å². The average molecular weight is 427 g/mol. The minimum absolute atomic E-state index is 0.427. The predicted molar refractivity (Wildman–Crippen MR) is 120 cm³/mol. The van der Waals surface area contributed by atoms with Crippen molar-refractivity contribution < 1.29 is 13.6 Å². The van der Waals surface area contributed by atoms with Crippen molar-refractivity contribution in [2.24, 2.45) is 0 Å². The van der Waals surface area contributed by atoms with Gasteiger partial charge in [0.05, 0.1) is 11.0 Å². The van der Waals surface area contributed by atoms with E-state index in [2.05, 4.69) is 4.98 Å². The largest absolute Gasteiger partial charge is 0.550 e. The summed E-state index contributed by atoms with van der Waals surface area (Å²) >= 11 is 0. The molecule has 7 heteroatoms. The molecule has 152 valence electrons. The first kappa shape index (κ1) is 19.1. The summed E-state index contributed by atoms with van der Waals surface area (Å²) < 4.78 is 28.1. The highest BCUT2D eigenvalue weighted by Gasteiger charge is 2.36. The lowest BCUT2D eigenvalue weighted by Gasteiger charge is -2.22. The Morgan fingerprint density at radius 2 is 1.32 bits per heavy atom. The molecule has 0 N–H and O–H groups in total. The molecule has 0 saturated carbocycles. The average Bonchev–Trinajstić information content (AvgIpc) is 3.21. The highest BCUT2D eigenvalue weighted by atomic mass is 31.2. The van der Waals surface area contributed by atoms with Gasteiger partial charge in [0.1, 0.15) is 11.5 Å². The maximum absolute atomic E-state index is 14.5. The van der Waals surface area contributed by atoms with Crippen molar-refractivity contribution in [3.63, 3.8) is 0 Å². The Morgan fingerprint density at radius 3 is 1.94 bits per heavy atom. The van der Waals surface area contributed by atoms with Crippen LogP contribution in [0.3, 0.4) is 0 Å². The van der Waals surface area contributed by atoms with E-state index >= 15 is 0 Å². The zero-order chi connectivity index (χ0) is 21.1. The summed E-state index contributed by atoms with van der Waals surface area (Å²) in [7, 11) is -3.99. The Bertz CT molecular complexity index is 1310. The molecule has 2 heterocycles. The minimum atomic E-state index is -3.99. The summed E-state index contributed by atoms with van der Waals surface area (Å²) in [6.45, 7) is 0. The number of para-hydroxylation sites is 4. The van der Waals surface area contributed by atoms with Gasteiger partial charge in [-0.25, -0.2) is 13.9 Å². The lowest BCUT2D eigenvalue weighted by molar-refractivity contribution is 0.377. The molecule has 6 nitrogen and oxygen atoms in total. The molecular formula is C24H18N3O3P. The van der Waals surface area contributed by atoms with Crippen LogP contribution in [0.1, 0.15) is 0 Å². The van der Waals surface area contributed by atoms with Crippen LogP contribution in [0.15, 0.2) is 109 Å². The number of nitrogens with zero attached hydrogens (tertiary/aromatic N) is 3. The molecule has 0 aliphatic carbocycles. The highest BCUT2D eigenvalue weighted by Crippen LogP contribution is 2.53. The number of aromatic nitrogens is 3. The molecule has 31 heavy (non-hydrogen) atoms. The Hall–Kier alpha value is -3.89. The van der Waals surface area contributed by atoms with E-state index < -0.39 is 7.75 Å². The second-order valence-electron chi connectivity index (χ2n) is 6.75. The van der Waals surface area contributed by atoms with E-state index in [4.69, 9.17) is 14.0 Å². The van der Waals surface area contributed by atoms with Crippen molar-refractivity contribution >= 4 is 18.8 Å². The van der Waals surface area contributed by atoms with Crippen LogP contribution >= 0.6 is 7.75 Å². The maximum Gasteiger partial charge on any atom is 0.550 e. The van der Waals surface area contributed by atoms with Crippen molar-refractivity contribution in [3.8, 4) is 22.9 Å². The van der Waals surface area contributed by atoms with Gasteiger partial charge in [-0.2, -0.15) is 0 Å². The van der Waals surface area contributed by atoms with E-state index in [-0.39, 0.29) is 0 Å². The monoisotopic (exact) mass is 427 g/mol. The third-order valence-corrected chi connectivity index (χ3v) is 6.41. The predicted octanol–water partition coefficient (Wildman–Crippen LogP) is 6.21. The molecule has 0 aliphatic heterocycles. The molecule has 0 saturated heterocycles. The summed E-state index contributed by atoms with van der Waals surface area (Å²) in [6.07, 6.45) is 3.35. The third kappa shape index (κ3) is 3.81. The molecule has 0 amide bonds. The van der Waals surface area contributed by atoms with Crippen molar-refractivity contribution in [3.05, 3.63) is 109 Å². The number of imidazole rings is 1. The quantitative estimate of drug-likeness (QED) is 0.301. The standard InChI is InChI=1S/C24H18N3O3P/c28-31(29-20-11-3-1-4-12-20,30-21-13-5-2-6-14-21)27-23-16-8-7-15-22(23)26-24(27)19-10-9-17-25-18-19/h1-18H. The van der Waals surface area contributed by atoms with E-state index in [1.165, 1.54) is 0 Å². The Kier molecular flexibility index (Phi) is 4.98. The fourth-order valence-corrected chi connectivity index (χ4v) is 5.07. The number of fused-ring (bicyclic) bond motifs is 1. The number of pyridine rings is 1. The summed E-state index contributed by atoms with van der Waals surface area (Å²) in [5.74, 6) is 1.30. The maximum atomic E-state index is 14.5. The van der Waals surface area contributed by atoms with Crippen LogP contribution in [0.2, 0.25) is 0 Å². The minimum Gasteiger partial charge on any atom is -0.400 e. The zero-order valence-corrected chi connectivity index (χ0v) is 17.3. The van der Waals surface area contributed by atoms with Crippen LogP contribution in [0.4, 0.5) is 0 Å². The Morgan fingerprint density at radius 1 is 0.710 bits per heavy atom. The SMILES string of the molecule is O=P(Oc1ccccc1)(Oc1ccccc1)n1c(-c2cccnc2)nc2ccccc21. The zero-order valence-electron chi connectivity index (χ0n) is 16.4. The highest BCUT2D eigenvalue weighted by molar-refractivity contribution is 7.53. The van der Waals surface area contributed by atoms with Gasteiger partial charge in [0, 0.05) is 18.0 Å². The summed E-state index contributed by atoms with van der Waals surface area (Å²) in [6, 6.07) is 29.1. The van der Waals surface area contributed by atoms with Crippen LogP contribution in [0.25, 0.3) is 22.4 Å². The second-order valence-corrected chi connectivity index (χ2v) is 8.46. The first-order chi connectivity index (χ1) is 15.2. The van der Waals surface area contributed by atoms with Crippen LogP contribution < -0.4 is 9.05 Å². The molecule has 2 aromatic heterocycles. The van der Waals surface area contributed by atoms with Gasteiger partial charge in [0.25, 0.3) is 0 Å². The van der Waals surface area contributed by atoms with Crippen LogP contribution in [0, 0.1) is 0 Å². The Labute approximate surface area is 179 Å². The van der Waals surface area contributed by atoms with Gasteiger partial charge in [-0.05, 0) is 48.5 Å². The fraction of sp³-hybridized carbons (Fsp3) is 0. The lowest BCUT2D eigenvalue weighted by Crippen LogP contribution is -2.11. The van der Waals surface area contributed by atoms with Crippen LogP contribution in [-0.2, 0) is 4.57 Å². The molecule has 5 rings (SSSR count). The smallest absolute Gasteiger partial charge is 0.400 e. The molecule has 0 aliphatic rings. The van der Waals surface area contributed by atoms with Gasteiger partial charge in [0.2, 0.25) is 0 Å². The molecule has 0 radical (unpaired) electrons. The van der Waals surface area contributed by atoms with E-state index in [9.17, 15) is 4.57 Å². The third-order valence-electron chi connectivity index (χ3n) is 4.63. The van der Waals surface area contributed by atoms with Crippen molar-refractivity contribution in [2.75, 3.05) is 0 Å². The lowest BCUT2D eigenvalue weighted by atomic mass is 10.3. The van der Waals surface area contributed by atoms with E-state index in [1.807, 2.05) is 66.7 Å². The van der Waals surface area contributed by atoms with Gasteiger partial charge in [-0.15, -0.1) is 0 Å². The number of hydrogen-bond acceptors (Lipinski definition) is 5. The molecule has 3 aromatic carbocycles. The first-order valence-electron chi connectivity index (χ1n) is 9.71. The molecule has 0 atom stereocenters. The van der Waals surface area contributed by atoms with Crippen molar-refractivity contribution in [1.29, 1.82) is 0 Å². The van der Waals surface area contributed by atoms with Gasteiger partial charge >= 0.3 is 7.75 Å². The second kappa shape index (κ2) is 8.09.